The predicted octanol–water partition coefficient (Wildman–Crippen LogP) is 1.91. The third-order valence-corrected chi connectivity index (χ3v) is 3.69. The van der Waals surface area contributed by atoms with Crippen LogP contribution in [0.3, 0.4) is 0 Å². The second kappa shape index (κ2) is 7.47. The van der Waals surface area contributed by atoms with Crippen LogP contribution in [-0.4, -0.2) is 39.6 Å². The highest BCUT2D eigenvalue weighted by molar-refractivity contribution is 7.99. The first-order valence-corrected chi connectivity index (χ1v) is 7.73. The number of aryl methyl sites for hydroxylation is 1. The molecule has 0 radical (unpaired) electrons. The lowest BCUT2D eigenvalue weighted by molar-refractivity contribution is -0.136. The molecule has 0 bridgehead atoms. The Morgan fingerprint density at radius 2 is 1.92 bits per heavy atom. The van der Waals surface area contributed by atoms with Gasteiger partial charge in [-0.2, -0.15) is 13.2 Å². The number of benzene rings is 1. The van der Waals surface area contributed by atoms with Gasteiger partial charge in [-0.3, -0.25) is 14.6 Å². The Labute approximate surface area is 138 Å². The number of nitrogens with one attached hydrogen (secondary N) is 2. The second-order valence-electron chi connectivity index (χ2n) is 4.85. The third-order valence-electron chi connectivity index (χ3n) is 2.83. The highest BCUT2D eigenvalue weighted by Crippen LogP contribution is 2.15. The summed E-state index contributed by atoms with van der Waals surface area (Å²) in [6.07, 6.45) is -4.47. The van der Waals surface area contributed by atoms with Crippen molar-refractivity contribution in [3.8, 4) is 11.3 Å². The van der Waals surface area contributed by atoms with E-state index in [0.29, 0.717) is 5.56 Å². The van der Waals surface area contributed by atoms with Gasteiger partial charge in [-0.15, -0.1) is 10.2 Å². The number of carbonyl (C=O) groups excluding carboxylic acids is 1. The van der Waals surface area contributed by atoms with Gasteiger partial charge in [0.05, 0.1) is 5.75 Å². The lowest BCUT2D eigenvalue weighted by atomic mass is 10.1. The highest BCUT2D eigenvalue weighted by Gasteiger charge is 2.27. The molecule has 0 saturated carbocycles. The van der Waals surface area contributed by atoms with Crippen molar-refractivity contribution >= 4 is 17.7 Å². The second-order valence-corrected chi connectivity index (χ2v) is 5.82. The molecular formula is C14H13F3N4O2S. The largest absolute Gasteiger partial charge is 0.405 e. The number of alkyl halides is 3. The monoisotopic (exact) mass is 358 g/mol. The zero-order valence-corrected chi connectivity index (χ0v) is 13.3. The minimum absolute atomic E-state index is 0.0537. The molecule has 10 heteroatoms. The number of rotatable bonds is 5. The van der Waals surface area contributed by atoms with Gasteiger partial charge in [0.2, 0.25) is 5.91 Å². The molecule has 0 aliphatic carbocycles. The maximum atomic E-state index is 12.0. The Morgan fingerprint density at radius 3 is 2.50 bits per heavy atom. The highest BCUT2D eigenvalue weighted by atomic mass is 32.2. The molecule has 0 spiro atoms. The molecule has 0 aliphatic heterocycles. The molecule has 24 heavy (non-hydrogen) atoms. The Morgan fingerprint density at radius 1 is 1.25 bits per heavy atom. The number of aromatic amines is 1. The van der Waals surface area contributed by atoms with Gasteiger partial charge in [0, 0.05) is 5.56 Å². The fraction of sp³-hybridized carbons (Fsp3) is 0.286. The minimum Gasteiger partial charge on any atom is -0.346 e. The first-order chi connectivity index (χ1) is 11.2. The number of hydrogen-bond acceptors (Lipinski definition) is 5. The van der Waals surface area contributed by atoms with Crippen LogP contribution in [-0.2, 0) is 4.79 Å². The molecule has 2 rings (SSSR count). The summed E-state index contributed by atoms with van der Waals surface area (Å²) in [6, 6.07) is 7.10. The number of halogens is 3. The molecule has 2 aromatic rings. The van der Waals surface area contributed by atoms with E-state index in [9.17, 15) is 22.8 Å². The van der Waals surface area contributed by atoms with Crippen LogP contribution in [0.25, 0.3) is 11.3 Å². The zero-order chi connectivity index (χ0) is 17.7. The molecule has 2 N–H and O–H groups in total. The van der Waals surface area contributed by atoms with Crippen molar-refractivity contribution in [2.45, 2.75) is 18.3 Å². The Balaban J connectivity index is 1.98. The quantitative estimate of drug-likeness (QED) is 0.798. The van der Waals surface area contributed by atoms with Crippen LogP contribution >= 0.6 is 11.8 Å². The summed E-state index contributed by atoms with van der Waals surface area (Å²) in [6.45, 7) is 0.504. The van der Waals surface area contributed by atoms with Gasteiger partial charge in [0.1, 0.15) is 6.54 Å². The summed E-state index contributed by atoms with van der Waals surface area (Å²) in [5, 5.41) is 9.37. The van der Waals surface area contributed by atoms with E-state index in [1.807, 2.05) is 19.1 Å². The van der Waals surface area contributed by atoms with Crippen molar-refractivity contribution in [3.05, 3.63) is 40.2 Å². The van der Waals surface area contributed by atoms with Crippen LogP contribution in [0.4, 0.5) is 13.2 Å². The van der Waals surface area contributed by atoms with Gasteiger partial charge in [-0.05, 0) is 6.92 Å². The first kappa shape index (κ1) is 18.0. The lowest BCUT2D eigenvalue weighted by Crippen LogP contribution is -2.34. The molecular weight excluding hydrogens is 345 g/mol. The van der Waals surface area contributed by atoms with E-state index in [4.69, 9.17) is 0 Å². The third kappa shape index (κ3) is 5.37. The van der Waals surface area contributed by atoms with Crippen molar-refractivity contribution in [1.29, 1.82) is 0 Å². The van der Waals surface area contributed by atoms with Gasteiger partial charge in [0.25, 0.3) is 5.56 Å². The van der Waals surface area contributed by atoms with E-state index in [-0.39, 0.29) is 16.6 Å². The van der Waals surface area contributed by atoms with E-state index in [1.54, 1.807) is 17.4 Å². The molecule has 0 aliphatic rings. The predicted molar refractivity (Wildman–Crippen MR) is 82.6 cm³/mol. The van der Waals surface area contributed by atoms with Gasteiger partial charge in [-0.25, -0.2) is 0 Å². The Bertz CT molecular complexity index is 775. The summed E-state index contributed by atoms with van der Waals surface area (Å²) in [5.74, 6) is -1.13. The van der Waals surface area contributed by atoms with Crippen molar-refractivity contribution in [1.82, 2.24) is 20.5 Å². The topological polar surface area (TPSA) is 87.7 Å². The average molecular weight is 358 g/mol. The van der Waals surface area contributed by atoms with Crippen LogP contribution in [0.2, 0.25) is 0 Å². The molecule has 128 valence electrons. The number of aromatic nitrogens is 3. The number of thioether (sulfide) groups is 1. The molecule has 6 nitrogen and oxygen atoms in total. The van der Waals surface area contributed by atoms with Gasteiger partial charge in [-0.1, -0.05) is 41.6 Å². The molecule has 0 fully saturated rings. The zero-order valence-electron chi connectivity index (χ0n) is 12.5. The molecule has 1 heterocycles. The van der Waals surface area contributed by atoms with Crippen molar-refractivity contribution in [3.63, 3.8) is 0 Å². The van der Waals surface area contributed by atoms with Crippen LogP contribution in [0.15, 0.2) is 34.2 Å². The standard InChI is InChI=1S/C14H13F3N4O2S/c1-8-2-4-9(5-3-8)11-12(23)19-13(21-20-11)24-6-10(22)18-7-14(15,16)17/h2-5H,6-7H2,1H3,(H,18,22)(H,19,21,23). The van der Waals surface area contributed by atoms with E-state index >= 15 is 0 Å². The molecule has 0 atom stereocenters. The lowest BCUT2D eigenvalue weighted by Gasteiger charge is -2.07. The maximum Gasteiger partial charge on any atom is 0.405 e. The number of carbonyl (C=O) groups is 1. The van der Waals surface area contributed by atoms with Crippen LogP contribution in [0.1, 0.15) is 5.56 Å². The van der Waals surface area contributed by atoms with E-state index < -0.39 is 24.2 Å². The Hall–Kier alpha value is -2.36. The Kier molecular flexibility index (Phi) is 5.60. The number of nitrogens with zero attached hydrogens (tertiary/aromatic N) is 2. The molecule has 1 aromatic heterocycles. The SMILES string of the molecule is Cc1ccc(-c2nnc(SCC(=O)NCC(F)(F)F)[nH]c2=O)cc1. The summed E-state index contributed by atoms with van der Waals surface area (Å²) >= 11 is 0.791. The maximum absolute atomic E-state index is 12.0. The average Bonchev–Trinajstić information content (AvgIpc) is 2.51. The smallest absolute Gasteiger partial charge is 0.346 e. The normalized spacial score (nSPS) is 11.3. The fourth-order valence-corrected chi connectivity index (χ4v) is 2.30. The molecule has 0 saturated heterocycles. The van der Waals surface area contributed by atoms with E-state index in [2.05, 4.69) is 15.2 Å². The number of amides is 1. The summed E-state index contributed by atoms with van der Waals surface area (Å²) in [7, 11) is 0. The van der Waals surface area contributed by atoms with Gasteiger partial charge < -0.3 is 5.32 Å². The van der Waals surface area contributed by atoms with Gasteiger partial charge >= 0.3 is 6.18 Å². The van der Waals surface area contributed by atoms with Crippen molar-refractivity contribution in [2.75, 3.05) is 12.3 Å². The fourth-order valence-electron chi connectivity index (χ4n) is 1.67. The van der Waals surface area contributed by atoms with E-state index in [0.717, 1.165) is 17.3 Å². The van der Waals surface area contributed by atoms with Gasteiger partial charge in [0.15, 0.2) is 10.9 Å². The van der Waals surface area contributed by atoms with Crippen LogP contribution in [0, 0.1) is 6.92 Å². The minimum atomic E-state index is -4.47. The summed E-state index contributed by atoms with van der Waals surface area (Å²) in [4.78, 5) is 25.8. The van der Waals surface area contributed by atoms with Crippen LogP contribution < -0.4 is 10.9 Å². The first-order valence-electron chi connectivity index (χ1n) is 6.75. The molecule has 1 aromatic carbocycles. The molecule has 1 amide bonds. The summed E-state index contributed by atoms with van der Waals surface area (Å²) in [5.41, 5.74) is 1.25. The summed E-state index contributed by atoms with van der Waals surface area (Å²) < 4.78 is 35.9. The molecule has 0 unspecified atom stereocenters. The number of H-pyrrole nitrogens is 1. The van der Waals surface area contributed by atoms with Crippen molar-refractivity contribution < 1.29 is 18.0 Å². The number of hydrogen-bond donors (Lipinski definition) is 2. The van der Waals surface area contributed by atoms with Crippen LogP contribution in [0.5, 0.6) is 0 Å². The van der Waals surface area contributed by atoms with E-state index in [1.165, 1.54) is 0 Å². The van der Waals surface area contributed by atoms with Crippen molar-refractivity contribution in [2.24, 2.45) is 0 Å².